The summed E-state index contributed by atoms with van der Waals surface area (Å²) in [4.78, 5) is 47.7. The van der Waals surface area contributed by atoms with Crippen molar-refractivity contribution in [3.8, 4) is 0 Å². The van der Waals surface area contributed by atoms with Gasteiger partial charge in [-0.15, -0.1) is 0 Å². The molecule has 2 amide bonds. The minimum Gasteiger partial charge on any atom is -0.475 e. The van der Waals surface area contributed by atoms with Crippen molar-refractivity contribution in [1.82, 2.24) is 10.2 Å². The molecule has 1 aromatic rings. The van der Waals surface area contributed by atoms with Crippen molar-refractivity contribution in [2.24, 2.45) is 0 Å². The molecule has 1 aliphatic heterocycles. The maximum absolute atomic E-state index is 12.2. The van der Waals surface area contributed by atoms with Crippen molar-refractivity contribution in [3.05, 3.63) is 34.9 Å². The Kier molecular flexibility index (Phi) is 6.52. The summed E-state index contributed by atoms with van der Waals surface area (Å²) >= 11 is 5.78. The smallest absolute Gasteiger partial charge is 0.374 e. The molecule has 0 spiro atoms. The van der Waals surface area contributed by atoms with Crippen LogP contribution in [0.25, 0.3) is 0 Å². The lowest BCUT2D eigenvalue weighted by molar-refractivity contribution is -0.152. The second-order valence-corrected chi connectivity index (χ2v) is 6.25. The number of benzene rings is 1. The molecule has 2 rings (SSSR count). The maximum atomic E-state index is 12.2. The van der Waals surface area contributed by atoms with E-state index < -0.39 is 17.8 Å². The summed E-state index contributed by atoms with van der Waals surface area (Å²) < 4.78 is 0. The van der Waals surface area contributed by atoms with Gasteiger partial charge in [-0.1, -0.05) is 23.7 Å². The number of likely N-dealkylation sites (tertiary alicyclic amines) is 1. The molecule has 1 aliphatic rings. The number of halogens is 1. The molecule has 134 valence electrons. The second-order valence-electron chi connectivity index (χ2n) is 5.82. The monoisotopic (exact) mass is 366 g/mol. The van der Waals surface area contributed by atoms with Crippen LogP contribution in [-0.2, 0) is 25.7 Å². The zero-order valence-corrected chi connectivity index (χ0v) is 14.3. The van der Waals surface area contributed by atoms with Crippen molar-refractivity contribution in [2.75, 3.05) is 6.54 Å². The molecule has 2 N–H and O–H groups in total. The number of amides is 2. The Hall–Kier alpha value is -2.41. The largest absolute Gasteiger partial charge is 0.475 e. The predicted molar refractivity (Wildman–Crippen MR) is 89.9 cm³/mol. The van der Waals surface area contributed by atoms with E-state index in [1.54, 1.807) is 24.3 Å². The fourth-order valence-corrected chi connectivity index (χ4v) is 2.86. The molecule has 0 bridgehead atoms. The lowest BCUT2D eigenvalue weighted by atomic mass is 10.1. The van der Waals surface area contributed by atoms with E-state index >= 15 is 0 Å². The third-order valence-electron chi connectivity index (χ3n) is 4.06. The van der Waals surface area contributed by atoms with Gasteiger partial charge in [0.25, 0.3) is 5.78 Å². The minimum absolute atomic E-state index is 0.0170. The second kappa shape index (κ2) is 8.62. The summed E-state index contributed by atoms with van der Waals surface area (Å²) in [6.45, 7) is 0.670. The summed E-state index contributed by atoms with van der Waals surface area (Å²) in [7, 11) is 0. The standard InChI is InChI=1S/C17H19ClN2O5/c18-12-5-3-11(4-6-12)10-19-14(21)7-8-15(22)20-9-1-2-13(20)16(23)17(24)25/h3-6,13H,1-2,7-10H2,(H,19,21)(H,24,25)/t13-/m0/s1. The zero-order valence-electron chi connectivity index (χ0n) is 13.5. The van der Waals surface area contributed by atoms with Crippen LogP contribution in [0.5, 0.6) is 0 Å². The molecule has 0 saturated carbocycles. The zero-order chi connectivity index (χ0) is 18.4. The molecular formula is C17H19ClN2O5. The number of hydrogen-bond acceptors (Lipinski definition) is 4. The summed E-state index contributed by atoms with van der Waals surface area (Å²) in [6, 6.07) is 6.11. The molecule has 1 fully saturated rings. The molecule has 1 atom stereocenters. The van der Waals surface area contributed by atoms with E-state index in [1.807, 2.05) is 0 Å². The number of nitrogens with one attached hydrogen (secondary N) is 1. The van der Waals surface area contributed by atoms with Crippen molar-refractivity contribution in [2.45, 2.75) is 38.3 Å². The van der Waals surface area contributed by atoms with Crippen LogP contribution in [0.4, 0.5) is 0 Å². The molecule has 7 nitrogen and oxygen atoms in total. The van der Waals surface area contributed by atoms with Crippen LogP contribution in [0.1, 0.15) is 31.2 Å². The van der Waals surface area contributed by atoms with Crippen LogP contribution >= 0.6 is 11.6 Å². The van der Waals surface area contributed by atoms with Gasteiger partial charge in [-0.3, -0.25) is 14.4 Å². The van der Waals surface area contributed by atoms with Crippen molar-refractivity contribution >= 4 is 35.2 Å². The van der Waals surface area contributed by atoms with E-state index in [2.05, 4.69) is 5.32 Å². The van der Waals surface area contributed by atoms with Gasteiger partial charge in [0, 0.05) is 31.0 Å². The first-order chi connectivity index (χ1) is 11.9. The molecule has 0 radical (unpaired) electrons. The Balaban J connectivity index is 1.78. The minimum atomic E-state index is -1.54. The van der Waals surface area contributed by atoms with Crippen LogP contribution in [0.2, 0.25) is 5.02 Å². The topological polar surface area (TPSA) is 104 Å². The number of ketones is 1. The first kappa shape index (κ1) is 18.9. The quantitative estimate of drug-likeness (QED) is 0.709. The number of nitrogens with zero attached hydrogens (tertiary/aromatic N) is 1. The number of carboxylic acid groups (broad SMARTS) is 1. The normalized spacial score (nSPS) is 16.5. The summed E-state index contributed by atoms with van der Waals surface area (Å²) in [6.07, 6.45) is 0.852. The number of hydrogen-bond donors (Lipinski definition) is 2. The van der Waals surface area contributed by atoms with Crippen LogP contribution in [0, 0.1) is 0 Å². The molecule has 0 aliphatic carbocycles. The van der Waals surface area contributed by atoms with Crippen molar-refractivity contribution in [3.63, 3.8) is 0 Å². The molecule has 1 aromatic carbocycles. The summed E-state index contributed by atoms with van der Waals surface area (Å²) in [5, 5.41) is 12.1. The molecular weight excluding hydrogens is 348 g/mol. The van der Waals surface area contributed by atoms with Gasteiger partial charge in [0.1, 0.15) is 6.04 Å². The lowest BCUT2D eigenvalue weighted by Crippen LogP contribution is -2.43. The van der Waals surface area contributed by atoms with E-state index in [9.17, 15) is 19.2 Å². The molecule has 1 saturated heterocycles. The first-order valence-corrected chi connectivity index (χ1v) is 8.34. The number of carboxylic acids is 1. The average Bonchev–Trinajstić information content (AvgIpc) is 3.08. The Morgan fingerprint density at radius 3 is 2.48 bits per heavy atom. The highest BCUT2D eigenvalue weighted by molar-refractivity contribution is 6.35. The molecule has 0 aromatic heterocycles. The molecule has 8 heteroatoms. The van der Waals surface area contributed by atoms with E-state index in [0.717, 1.165) is 5.56 Å². The average molecular weight is 367 g/mol. The first-order valence-electron chi connectivity index (χ1n) is 7.96. The summed E-state index contributed by atoms with van der Waals surface area (Å²) in [5.41, 5.74) is 0.885. The highest BCUT2D eigenvalue weighted by atomic mass is 35.5. The van der Waals surface area contributed by atoms with Gasteiger partial charge in [-0.05, 0) is 30.5 Å². The van der Waals surface area contributed by atoms with Gasteiger partial charge >= 0.3 is 5.97 Å². The predicted octanol–water partition coefficient (Wildman–Crippen LogP) is 1.38. The van der Waals surface area contributed by atoms with Gasteiger partial charge in [0.15, 0.2) is 0 Å². The molecule has 1 heterocycles. The third kappa shape index (κ3) is 5.29. The van der Waals surface area contributed by atoms with Gasteiger partial charge in [-0.2, -0.15) is 0 Å². The highest BCUT2D eigenvalue weighted by Gasteiger charge is 2.36. The number of carbonyl (C=O) groups is 4. The number of carbonyl (C=O) groups excluding carboxylic acids is 3. The maximum Gasteiger partial charge on any atom is 0.374 e. The van der Waals surface area contributed by atoms with Crippen LogP contribution in [0.3, 0.4) is 0 Å². The number of Topliss-reactive ketones (excluding diaryl/α,β-unsaturated/α-hetero) is 1. The van der Waals surface area contributed by atoms with Gasteiger partial charge in [0.05, 0.1) is 0 Å². The van der Waals surface area contributed by atoms with E-state index in [1.165, 1.54) is 4.90 Å². The van der Waals surface area contributed by atoms with Gasteiger partial charge < -0.3 is 15.3 Å². The third-order valence-corrected chi connectivity index (χ3v) is 4.31. The van der Waals surface area contributed by atoms with E-state index in [4.69, 9.17) is 16.7 Å². The number of aliphatic carboxylic acids is 1. The Morgan fingerprint density at radius 2 is 1.84 bits per heavy atom. The number of rotatable bonds is 7. The fourth-order valence-electron chi connectivity index (χ4n) is 2.74. The van der Waals surface area contributed by atoms with Gasteiger partial charge in [-0.25, -0.2) is 4.79 Å². The lowest BCUT2D eigenvalue weighted by Gasteiger charge is -2.22. The van der Waals surface area contributed by atoms with E-state index in [0.29, 0.717) is 31.0 Å². The highest BCUT2D eigenvalue weighted by Crippen LogP contribution is 2.19. The van der Waals surface area contributed by atoms with Gasteiger partial charge in [0.2, 0.25) is 11.8 Å². The van der Waals surface area contributed by atoms with E-state index in [-0.39, 0.29) is 24.7 Å². The molecule has 0 unspecified atom stereocenters. The Bertz CT molecular complexity index is 674. The Labute approximate surface area is 149 Å². The fraction of sp³-hybridized carbons (Fsp3) is 0.412. The SMILES string of the molecule is O=C(CCC(=O)N1CCC[C@H]1C(=O)C(=O)O)NCc1ccc(Cl)cc1. The van der Waals surface area contributed by atoms with Crippen LogP contribution in [0.15, 0.2) is 24.3 Å². The Morgan fingerprint density at radius 1 is 1.16 bits per heavy atom. The van der Waals surface area contributed by atoms with Crippen LogP contribution in [-0.4, -0.2) is 46.2 Å². The molecule has 25 heavy (non-hydrogen) atoms. The van der Waals surface area contributed by atoms with Crippen molar-refractivity contribution < 1.29 is 24.3 Å². The summed E-state index contributed by atoms with van der Waals surface area (Å²) in [5.74, 6) is -3.18. The van der Waals surface area contributed by atoms with Crippen LogP contribution < -0.4 is 5.32 Å². The van der Waals surface area contributed by atoms with Crippen molar-refractivity contribution in [1.29, 1.82) is 0 Å².